The van der Waals surface area contributed by atoms with Crippen molar-refractivity contribution >= 4 is 44.3 Å². The first kappa shape index (κ1) is 20.4. The molecule has 0 aliphatic carbocycles. The summed E-state index contributed by atoms with van der Waals surface area (Å²) in [4.78, 5) is 24.8. The first-order chi connectivity index (χ1) is 13.8. The Morgan fingerprint density at radius 1 is 1.03 bits per heavy atom. The maximum absolute atomic E-state index is 12.3. The number of anilines is 3. The van der Waals surface area contributed by atoms with Crippen molar-refractivity contribution in [3.8, 4) is 0 Å². The van der Waals surface area contributed by atoms with Gasteiger partial charge in [-0.15, -0.1) is 0 Å². The lowest BCUT2D eigenvalue weighted by molar-refractivity contribution is 0.262. The third-order valence-corrected chi connectivity index (χ3v) is 4.50. The molecule has 0 spiro atoms. The molecule has 0 saturated carbocycles. The minimum absolute atomic E-state index is 0.131. The number of aryl methyl sites for hydroxylation is 1. The fourth-order valence-corrected chi connectivity index (χ4v) is 3.04. The minimum atomic E-state index is -3.25. The lowest BCUT2D eigenvalue weighted by Crippen LogP contribution is -2.28. The Hall–Kier alpha value is -3.31. The molecule has 0 saturated heterocycles. The summed E-state index contributed by atoms with van der Waals surface area (Å²) in [6.07, 6.45) is 4.53. The van der Waals surface area contributed by atoms with Crippen LogP contribution < -0.4 is 20.7 Å². The summed E-state index contributed by atoms with van der Waals surface area (Å²) >= 11 is 0. The van der Waals surface area contributed by atoms with E-state index in [4.69, 9.17) is 0 Å². The molecule has 0 aliphatic heterocycles. The number of carbonyl (C=O) groups excluding carboxylic acids is 1. The molecule has 1 aromatic carbocycles. The molecule has 3 aromatic rings. The van der Waals surface area contributed by atoms with Gasteiger partial charge in [-0.3, -0.25) is 10.3 Å². The highest BCUT2D eigenvalue weighted by atomic mass is 32.2. The highest BCUT2D eigenvalue weighted by molar-refractivity contribution is 7.88. The van der Waals surface area contributed by atoms with E-state index >= 15 is 0 Å². The van der Waals surface area contributed by atoms with Gasteiger partial charge in [0.2, 0.25) is 16.0 Å². The van der Waals surface area contributed by atoms with E-state index in [1.807, 2.05) is 18.2 Å². The van der Waals surface area contributed by atoms with Crippen LogP contribution in [0.3, 0.4) is 0 Å². The van der Waals surface area contributed by atoms with Gasteiger partial charge in [-0.05, 0) is 30.5 Å². The molecule has 0 radical (unpaired) electrons. The average Bonchev–Trinajstić information content (AvgIpc) is 2.64. The monoisotopic (exact) mass is 415 g/mol. The number of aromatic nitrogens is 3. The highest BCUT2D eigenvalue weighted by Gasteiger charge is 2.08. The van der Waals surface area contributed by atoms with E-state index in [1.165, 1.54) is 0 Å². The van der Waals surface area contributed by atoms with E-state index in [2.05, 4.69) is 35.6 Å². The zero-order valence-electron chi connectivity index (χ0n) is 15.9. The van der Waals surface area contributed by atoms with Gasteiger partial charge in [0, 0.05) is 48.3 Å². The molecule has 29 heavy (non-hydrogen) atoms. The second-order valence-corrected chi connectivity index (χ2v) is 8.16. The fourth-order valence-electron chi connectivity index (χ4n) is 2.57. The molecular weight excluding hydrogens is 394 g/mol. The van der Waals surface area contributed by atoms with Gasteiger partial charge in [-0.25, -0.2) is 22.9 Å². The van der Waals surface area contributed by atoms with Crippen molar-refractivity contribution in [2.75, 3.05) is 35.3 Å². The highest BCUT2D eigenvalue weighted by Crippen LogP contribution is 2.18. The van der Waals surface area contributed by atoms with Gasteiger partial charge in [0.05, 0.1) is 6.26 Å². The molecule has 11 heteroatoms. The number of benzene rings is 1. The van der Waals surface area contributed by atoms with Gasteiger partial charge in [0.1, 0.15) is 5.82 Å². The van der Waals surface area contributed by atoms with Crippen LogP contribution in [-0.2, 0) is 10.0 Å². The number of nitrogens with one attached hydrogen (secondary N) is 4. The van der Waals surface area contributed by atoms with Crippen LogP contribution >= 0.6 is 0 Å². The van der Waals surface area contributed by atoms with Gasteiger partial charge in [0.25, 0.3) is 0 Å². The Bertz CT molecular complexity index is 1140. The maximum atomic E-state index is 12.3. The first-order valence-electron chi connectivity index (χ1n) is 8.74. The van der Waals surface area contributed by atoms with Crippen molar-refractivity contribution in [2.45, 2.75) is 6.92 Å². The summed E-state index contributed by atoms with van der Waals surface area (Å²) < 4.78 is 24.5. The van der Waals surface area contributed by atoms with Crippen LogP contribution in [-0.4, -0.2) is 48.7 Å². The van der Waals surface area contributed by atoms with Crippen molar-refractivity contribution < 1.29 is 13.2 Å². The van der Waals surface area contributed by atoms with Gasteiger partial charge in [-0.1, -0.05) is 6.07 Å². The number of nitrogens with zero attached hydrogens (tertiary/aromatic N) is 3. The van der Waals surface area contributed by atoms with Crippen molar-refractivity contribution in [3.05, 3.63) is 48.4 Å². The molecular formula is C18H21N7O3S. The molecule has 0 fully saturated rings. The van der Waals surface area contributed by atoms with E-state index in [1.54, 1.807) is 31.5 Å². The number of urea groups is 1. The Morgan fingerprint density at radius 3 is 2.66 bits per heavy atom. The summed E-state index contributed by atoms with van der Waals surface area (Å²) in [7, 11) is -3.25. The second kappa shape index (κ2) is 8.80. The molecule has 4 N–H and O–H groups in total. The topological polar surface area (TPSA) is 138 Å². The number of carbonyl (C=O) groups is 1. The third-order valence-electron chi connectivity index (χ3n) is 3.77. The Balaban J connectivity index is 1.61. The minimum Gasteiger partial charge on any atom is -0.369 e. The van der Waals surface area contributed by atoms with Crippen molar-refractivity contribution in [2.24, 2.45) is 0 Å². The Kier molecular flexibility index (Phi) is 6.20. The average molecular weight is 415 g/mol. The standard InChI is InChI=1S/C18H21N7O3S/c1-12-9-16(20-7-8-21-29(2,27)28)24-17(22-12)25-18(26)23-15-4-3-14-11-19-6-5-13(14)10-15/h3-6,9-11,21H,7-8H2,1-2H3,(H3,20,22,23,24,25,26). The summed E-state index contributed by atoms with van der Waals surface area (Å²) in [6, 6.07) is 8.57. The molecule has 152 valence electrons. The van der Waals surface area contributed by atoms with Crippen LogP contribution in [0.1, 0.15) is 5.69 Å². The molecule has 0 aliphatic rings. The lowest BCUT2D eigenvalue weighted by Gasteiger charge is -2.10. The molecule has 10 nitrogen and oxygen atoms in total. The zero-order chi connectivity index (χ0) is 20.9. The number of hydrogen-bond donors (Lipinski definition) is 4. The van der Waals surface area contributed by atoms with E-state index in [0.717, 1.165) is 17.0 Å². The van der Waals surface area contributed by atoms with Crippen molar-refractivity contribution in [3.63, 3.8) is 0 Å². The number of hydrogen-bond acceptors (Lipinski definition) is 7. The predicted octanol–water partition coefficient (Wildman–Crippen LogP) is 1.94. The van der Waals surface area contributed by atoms with Crippen molar-refractivity contribution in [1.82, 2.24) is 19.7 Å². The van der Waals surface area contributed by atoms with Gasteiger partial charge in [0.15, 0.2) is 0 Å². The molecule has 0 unspecified atom stereocenters. The molecule has 0 atom stereocenters. The van der Waals surface area contributed by atoms with Crippen LogP contribution in [0.5, 0.6) is 0 Å². The second-order valence-electron chi connectivity index (χ2n) is 6.33. The summed E-state index contributed by atoms with van der Waals surface area (Å²) in [5.41, 5.74) is 1.27. The maximum Gasteiger partial charge on any atom is 0.326 e. The lowest BCUT2D eigenvalue weighted by atomic mass is 10.1. The van der Waals surface area contributed by atoms with Gasteiger partial charge in [-0.2, -0.15) is 4.98 Å². The Morgan fingerprint density at radius 2 is 1.86 bits per heavy atom. The summed E-state index contributed by atoms with van der Waals surface area (Å²) in [5, 5.41) is 10.3. The molecule has 2 heterocycles. The first-order valence-corrected chi connectivity index (χ1v) is 10.6. The van der Waals surface area contributed by atoms with E-state index < -0.39 is 16.1 Å². The Labute approximate surface area is 168 Å². The number of fused-ring (bicyclic) bond motifs is 1. The zero-order valence-corrected chi connectivity index (χ0v) is 16.7. The summed E-state index contributed by atoms with van der Waals surface area (Å²) in [5.74, 6) is 0.604. The van der Waals surface area contributed by atoms with Crippen LogP contribution in [0, 0.1) is 6.92 Å². The largest absolute Gasteiger partial charge is 0.369 e. The number of rotatable bonds is 7. The van der Waals surface area contributed by atoms with E-state index in [-0.39, 0.29) is 12.5 Å². The molecule has 0 bridgehead atoms. The van der Waals surface area contributed by atoms with Crippen LogP contribution in [0.2, 0.25) is 0 Å². The fraction of sp³-hybridized carbons (Fsp3) is 0.222. The van der Waals surface area contributed by atoms with Crippen molar-refractivity contribution in [1.29, 1.82) is 0 Å². The van der Waals surface area contributed by atoms with E-state index in [0.29, 0.717) is 23.7 Å². The van der Waals surface area contributed by atoms with Gasteiger partial charge >= 0.3 is 6.03 Å². The smallest absolute Gasteiger partial charge is 0.326 e. The molecule has 3 rings (SSSR count). The number of pyridine rings is 1. The van der Waals surface area contributed by atoms with Gasteiger partial charge < -0.3 is 10.6 Å². The van der Waals surface area contributed by atoms with Crippen LogP contribution in [0.15, 0.2) is 42.7 Å². The molecule has 2 aromatic heterocycles. The van der Waals surface area contributed by atoms with Crippen LogP contribution in [0.4, 0.5) is 22.2 Å². The quantitative estimate of drug-likeness (QED) is 0.433. The number of amides is 2. The van der Waals surface area contributed by atoms with Crippen LogP contribution in [0.25, 0.3) is 10.8 Å². The SMILES string of the molecule is Cc1cc(NCCNS(C)(=O)=O)nc(NC(=O)Nc2ccc3cnccc3c2)n1. The molecule has 2 amide bonds. The normalized spacial score (nSPS) is 11.2. The number of sulfonamides is 1. The van der Waals surface area contributed by atoms with E-state index in [9.17, 15) is 13.2 Å². The third kappa shape index (κ3) is 6.36. The predicted molar refractivity (Wildman–Crippen MR) is 112 cm³/mol. The summed E-state index contributed by atoms with van der Waals surface area (Å²) in [6.45, 7) is 2.31.